The normalized spacial score (nSPS) is 22.9. The van der Waals surface area contributed by atoms with Gasteiger partial charge in [-0.2, -0.15) is 0 Å². The Balaban J connectivity index is 2.35. The molecule has 0 aliphatic carbocycles. The summed E-state index contributed by atoms with van der Waals surface area (Å²) >= 11 is 6.03. The van der Waals surface area contributed by atoms with Crippen LogP contribution in [0.4, 0.5) is 4.39 Å². The topological polar surface area (TPSA) is 49.4 Å². The second kappa shape index (κ2) is 5.40. The van der Waals surface area contributed by atoms with Crippen LogP contribution >= 0.6 is 11.6 Å². The van der Waals surface area contributed by atoms with Gasteiger partial charge in [-0.3, -0.25) is 9.59 Å². The Bertz CT molecular complexity index is 564. The van der Waals surface area contributed by atoms with Crippen LogP contribution in [0.3, 0.4) is 0 Å². The molecule has 1 aliphatic heterocycles. The Morgan fingerprint density at radius 3 is 2.80 bits per heavy atom. The van der Waals surface area contributed by atoms with Crippen LogP contribution in [0.2, 0.25) is 5.02 Å². The van der Waals surface area contributed by atoms with E-state index in [2.05, 4.69) is 5.32 Å². The number of nitrogens with one attached hydrogen (secondary N) is 1. The molecule has 2 rings (SSSR count). The third-order valence-electron chi connectivity index (χ3n) is 3.81. The molecule has 1 unspecified atom stereocenters. The minimum Gasteiger partial charge on any atom is -0.345 e. The molecule has 1 aromatic carbocycles. The smallest absolute Gasteiger partial charge is 0.246 e. The molecule has 1 aromatic rings. The second-order valence-corrected chi connectivity index (χ2v) is 5.43. The Hall–Kier alpha value is -1.62. The summed E-state index contributed by atoms with van der Waals surface area (Å²) in [7, 11) is 0. The van der Waals surface area contributed by atoms with Gasteiger partial charge in [0.15, 0.2) is 0 Å². The number of nitrogens with zero attached hydrogens (tertiary/aromatic N) is 1. The lowest BCUT2D eigenvalue weighted by atomic mass is 9.92. The first-order valence-corrected chi connectivity index (χ1v) is 6.79. The predicted molar refractivity (Wildman–Crippen MR) is 73.7 cm³/mol. The second-order valence-electron chi connectivity index (χ2n) is 5.03. The number of amides is 2. The standard InChI is InChI=1S/C14H16ClFN2O2/c1-3-14(2)13(20)17-7-12(19)18(14)8-9-6-10(16)4-5-11(9)15/h4-6H,3,7-8H2,1-2H3,(H,17,20). The highest BCUT2D eigenvalue weighted by molar-refractivity contribution is 6.31. The van der Waals surface area contributed by atoms with E-state index in [1.165, 1.54) is 23.1 Å². The van der Waals surface area contributed by atoms with Crippen molar-refractivity contribution in [3.63, 3.8) is 0 Å². The van der Waals surface area contributed by atoms with E-state index in [9.17, 15) is 14.0 Å². The molecule has 0 radical (unpaired) electrons. The molecule has 0 spiro atoms. The lowest BCUT2D eigenvalue weighted by Crippen LogP contribution is -2.65. The van der Waals surface area contributed by atoms with Gasteiger partial charge in [-0.25, -0.2) is 4.39 Å². The predicted octanol–water partition coefficient (Wildman–Crippen LogP) is 2.11. The van der Waals surface area contributed by atoms with Gasteiger partial charge in [0.25, 0.3) is 0 Å². The molecule has 0 aromatic heterocycles. The Morgan fingerprint density at radius 1 is 1.45 bits per heavy atom. The highest BCUT2D eigenvalue weighted by Crippen LogP contribution is 2.27. The summed E-state index contributed by atoms with van der Waals surface area (Å²) in [4.78, 5) is 25.6. The highest BCUT2D eigenvalue weighted by atomic mass is 35.5. The van der Waals surface area contributed by atoms with Gasteiger partial charge in [0.2, 0.25) is 11.8 Å². The van der Waals surface area contributed by atoms with Crippen LogP contribution < -0.4 is 5.32 Å². The molecule has 1 aliphatic rings. The average molecular weight is 299 g/mol. The van der Waals surface area contributed by atoms with Gasteiger partial charge in [-0.15, -0.1) is 0 Å². The molecule has 6 heteroatoms. The van der Waals surface area contributed by atoms with E-state index < -0.39 is 11.4 Å². The molecule has 1 atom stereocenters. The zero-order chi connectivity index (χ0) is 14.9. The summed E-state index contributed by atoms with van der Waals surface area (Å²) < 4.78 is 13.3. The number of piperazine rings is 1. The third kappa shape index (κ3) is 2.50. The van der Waals surface area contributed by atoms with E-state index in [0.717, 1.165) is 0 Å². The Morgan fingerprint density at radius 2 is 2.15 bits per heavy atom. The minimum absolute atomic E-state index is 0.0403. The van der Waals surface area contributed by atoms with E-state index in [0.29, 0.717) is 17.0 Å². The fraction of sp³-hybridized carbons (Fsp3) is 0.429. The lowest BCUT2D eigenvalue weighted by molar-refractivity contribution is -0.153. The van der Waals surface area contributed by atoms with Crippen molar-refractivity contribution in [2.24, 2.45) is 0 Å². The first kappa shape index (κ1) is 14.8. The molecule has 0 bridgehead atoms. The van der Waals surface area contributed by atoms with Gasteiger partial charge in [0.05, 0.1) is 6.54 Å². The van der Waals surface area contributed by atoms with Gasteiger partial charge in [0.1, 0.15) is 11.4 Å². The zero-order valence-electron chi connectivity index (χ0n) is 11.4. The maximum absolute atomic E-state index is 13.3. The molecule has 1 fully saturated rings. The fourth-order valence-electron chi connectivity index (χ4n) is 2.29. The number of carbonyl (C=O) groups excluding carboxylic acids is 2. The average Bonchev–Trinajstić information content (AvgIpc) is 2.43. The Labute approximate surface area is 121 Å². The molecular formula is C14H16ClFN2O2. The molecule has 0 saturated carbocycles. The molecule has 1 saturated heterocycles. The van der Waals surface area contributed by atoms with E-state index in [1.54, 1.807) is 6.92 Å². The van der Waals surface area contributed by atoms with Crippen molar-refractivity contribution in [3.8, 4) is 0 Å². The Kier molecular flexibility index (Phi) is 3.99. The summed E-state index contributed by atoms with van der Waals surface area (Å²) in [5.74, 6) is -0.821. The van der Waals surface area contributed by atoms with E-state index in [1.807, 2.05) is 6.92 Å². The monoisotopic (exact) mass is 298 g/mol. The van der Waals surface area contributed by atoms with E-state index >= 15 is 0 Å². The van der Waals surface area contributed by atoms with Crippen LogP contribution in [0.15, 0.2) is 18.2 Å². The molecular weight excluding hydrogens is 283 g/mol. The van der Waals surface area contributed by atoms with E-state index in [-0.39, 0.29) is 24.9 Å². The maximum Gasteiger partial charge on any atom is 0.246 e. The molecule has 108 valence electrons. The van der Waals surface area contributed by atoms with Gasteiger partial charge in [-0.05, 0) is 37.1 Å². The quantitative estimate of drug-likeness (QED) is 0.929. The summed E-state index contributed by atoms with van der Waals surface area (Å²) in [6.07, 6.45) is 0.470. The molecule has 2 amide bonds. The van der Waals surface area contributed by atoms with Crippen molar-refractivity contribution in [1.82, 2.24) is 10.2 Å². The number of rotatable bonds is 3. The molecule has 1 N–H and O–H groups in total. The van der Waals surface area contributed by atoms with Gasteiger partial charge in [-0.1, -0.05) is 18.5 Å². The molecule has 4 nitrogen and oxygen atoms in total. The summed E-state index contributed by atoms with van der Waals surface area (Å²) in [5.41, 5.74) is -0.445. The minimum atomic E-state index is -0.940. The molecule has 20 heavy (non-hydrogen) atoms. The fourth-order valence-corrected chi connectivity index (χ4v) is 2.47. The molecule has 1 heterocycles. The van der Waals surface area contributed by atoms with Crippen molar-refractivity contribution in [3.05, 3.63) is 34.6 Å². The number of hydrogen-bond acceptors (Lipinski definition) is 2. The van der Waals surface area contributed by atoms with E-state index in [4.69, 9.17) is 11.6 Å². The van der Waals surface area contributed by atoms with Crippen molar-refractivity contribution >= 4 is 23.4 Å². The van der Waals surface area contributed by atoms with Crippen LogP contribution in [0.5, 0.6) is 0 Å². The first-order chi connectivity index (χ1) is 9.38. The van der Waals surface area contributed by atoms with Crippen molar-refractivity contribution in [2.75, 3.05) is 6.54 Å². The number of benzene rings is 1. The lowest BCUT2D eigenvalue weighted by Gasteiger charge is -2.43. The maximum atomic E-state index is 13.3. The summed E-state index contributed by atoms with van der Waals surface area (Å²) in [6.45, 7) is 3.61. The van der Waals surface area contributed by atoms with Crippen molar-refractivity contribution in [2.45, 2.75) is 32.4 Å². The summed E-state index contributed by atoms with van der Waals surface area (Å²) in [5, 5.41) is 2.96. The van der Waals surface area contributed by atoms with Crippen molar-refractivity contribution < 1.29 is 14.0 Å². The highest BCUT2D eigenvalue weighted by Gasteiger charge is 2.44. The SMILES string of the molecule is CCC1(C)C(=O)NCC(=O)N1Cc1cc(F)ccc1Cl. The van der Waals surface area contributed by atoms with Crippen molar-refractivity contribution in [1.29, 1.82) is 0 Å². The van der Waals surface area contributed by atoms with Crippen LogP contribution in [0.25, 0.3) is 0 Å². The van der Waals surface area contributed by atoms with Gasteiger partial charge >= 0.3 is 0 Å². The van der Waals surface area contributed by atoms with Crippen LogP contribution in [-0.4, -0.2) is 28.8 Å². The summed E-state index contributed by atoms with van der Waals surface area (Å²) in [6, 6.07) is 4.00. The first-order valence-electron chi connectivity index (χ1n) is 6.41. The number of carbonyl (C=O) groups is 2. The van der Waals surface area contributed by atoms with Crippen LogP contribution in [0, 0.1) is 5.82 Å². The third-order valence-corrected chi connectivity index (χ3v) is 4.18. The largest absolute Gasteiger partial charge is 0.345 e. The van der Waals surface area contributed by atoms with Crippen LogP contribution in [-0.2, 0) is 16.1 Å². The van der Waals surface area contributed by atoms with Crippen LogP contribution in [0.1, 0.15) is 25.8 Å². The van der Waals surface area contributed by atoms with Gasteiger partial charge in [0, 0.05) is 11.6 Å². The zero-order valence-corrected chi connectivity index (χ0v) is 12.1. The number of hydrogen-bond donors (Lipinski definition) is 1. The van der Waals surface area contributed by atoms with Gasteiger partial charge < -0.3 is 10.2 Å². The number of halogens is 2.